The Bertz CT molecular complexity index is 568. The molecule has 0 saturated heterocycles. The highest BCUT2D eigenvalue weighted by Gasteiger charge is 2.14. The summed E-state index contributed by atoms with van der Waals surface area (Å²) < 4.78 is 0. The van der Waals surface area contributed by atoms with Crippen LogP contribution in [0, 0.1) is 0 Å². The number of carbonyl (C=O) groups excluding carboxylic acids is 1. The average Bonchev–Trinajstić information content (AvgIpc) is 2.32. The standard InChI is InChI=1S/C11H9ClN4O/c12-6-3-8(11(14)16-4-6)10(17)9-2-1-7(13)5-15-9/h1-5H,13H2,(H2,14,16). The molecule has 86 valence electrons. The van der Waals surface area contributed by atoms with Crippen LogP contribution in [0.1, 0.15) is 16.1 Å². The number of halogens is 1. The van der Waals surface area contributed by atoms with Crippen LogP contribution in [0.5, 0.6) is 0 Å². The van der Waals surface area contributed by atoms with Crippen LogP contribution in [0.25, 0.3) is 0 Å². The number of rotatable bonds is 2. The van der Waals surface area contributed by atoms with Crippen molar-refractivity contribution in [2.75, 3.05) is 11.5 Å². The Kier molecular flexibility index (Phi) is 2.93. The van der Waals surface area contributed by atoms with Crippen molar-refractivity contribution in [3.63, 3.8) is 0 Å². The Morgan fingerprint density at radius 2 is 1.94 bits per heavy atom. The summed E-state index contributed by atoms with van der Waals surface area (Å²) in [4.78, 5) is 19.8. The highest BCUT2D eigenvalue weighted by Crippen LogP contribution is 2.18. The molecule has 2 aromatic heterocycles. The van der Waals surface area contributed by atoms with E-state index in [9.17, 15) is 4.79 Å². The fraction of sp³-hybridized carbons (Fsp3) is 0. The van der Waals surface area contributed by atoms with E-state index in [1.54, 1.807) is 6.07 Å². The molecule has 0 aliphatic heterocycles. The molecule has 0 aromatic carbocycles. The summed E-state index contributed by atoms with van der Waals surface area (Å²) in [6.07, 6.45) is 2.78. The molecule has 4 N–H and O–H groups in total. The first-order chi connectivity index (χ1) is 8.08. The van der Waals surface area contributed by atoms with Gasteiger partial charge in [0.15, 0.2) is 0 Å². The third-order valence-corrected chi connectivity index (χ3v) is 2.36. The lowest BCUT2D eigenvalue weighted by molar-refractivity contribution is 0.103. The largest absolute Gasteiger partial charge is 0.397 e. The number of hydrogen-bond donors (Lipinski definition) is 2. The molecule has 0 aliphatic carbocycles. The Labute approximate surface area is 102 Å². The zero-order valence-electron chi connectivity index (χ0n) is 8.72. The molecule has 0 atom stereocenters. The van der Waals surface area contributed by atoms with Gasteiger partial charge in [0.2, 0.25) is 5.78 Å². The van der Waals surface area contributed by atoms with E-state index in [1.165, 1.54) is 24.5 Å². The minimum atomic E-state index is -0.336. The van der Waals surface area contributed by atoms with Crippen molar-refractivity contribution in [3.05, 3.63) is 46.9 Å². The second kappa shape index (κ2) is 4.39. The molecule has 0 spiro atoms. The minimum Gasteiger partial charge on any atom is -0.397 e. The van der Waals surface area contributed by atoms with Crippen molar-refractivity contribution in [3.8, 4) is 0 Å². The molecular weight excluding hydrogens is 240 g/mol. The highest BCUT2D eigenvalue weighted by atomic mass is 35.5. The van der Waals surface area contributed by atoms with Gasteiger partial charge in [0.1, 0.15) is 11.5 Å². The number of nitrogens with zero attached hydrogens (tertiary/aromatic N) is 2. The Balaban J connectivity index is 2.43. The van der Waals surface area contributed by atoms with Crippen LogP contribution in [0.3, 0.4) is 0 Å². The maximum Gasteiger partial charge on any atom is 0.215 e. The number of aromatic nitrogens is 2. The first kappa shape index (κ1) is 11.3. The Morgan fingerprint density at radius 3 is 2.59 bits per heavy atom. The molecule has 0 fully saturated rings. The first-order valence-corrected chi connectivity index (χ1v) is 5.13. The fourth-order valence-corrected chi connectivity index (χ4v) is 1.47. The summed E-state index contributed by atoms with van der Waals surface area (Å²) in [5.41, 5.74) is 12.1. The van der Waals surface area contributed by atoms with E-state index < -0.39 is 0 Å². The van der Waals surface area contributed by atoms with Crippen LogP contribution >= 0.6 is 11.6 Å². The minimum absolute atomic E-state index is 0.123. The Hall–Kier alpha value is -2.14. The van der Waals surface area contributed by atoms with E-state index in [2.05, 4.69) is 9.97 Å². The van der Waals surface area contributed by atoms with Gasteiger partial charge in [0, 0.05) is 6.20 Å². The van der Waals surface area contributed by atoms with Gasteiger partial charge in [0.25, 0.3) is 0 Å². The van der Waals surface area contributed by atoms with Gasteiger partial charge < -0.3 is 11.5 Å². The van der Waals surface area contributed by atoms with Gasteiger partial charge in [-0.1, -0.05) is 11.6 Å². The molecule has 0 amide bonds. The molecule has 6 heteroatoms. The fourth-order valence-electron chi connectivity index (χ4n) is 1.31. The van der Waals surface area contributed by atoms with Crippen molar-refractivity contribution in [1.82, 2.24) is 9.97 Å². The molecule has 0 aliphatic rings. The van der Waals surface area contributed by atoms with Crippen LogP contribution in [-0.2, 0) is 0 Å². The molecular formula is C11H9ClN4O. The first-order valence-electron chi connectivity index (χ1n) is 4.75. The van der Waals surface area contributed by atoms with Crippen LogP contribution in [-0.4, -0.2) is 15.8 Å². The molecule has 2 heterocycles. The molecule has 2 rings (SSSR count). The molecule has 2 aromatic rings. The predicted molar refractivity (Wildman–Crippen MR) is 65.7 cm³/mol. The summed E-state index contributed by atoms with van der Waals surface area (Å²) in [5.74, 6) is -0.212. The second-order valence-corrected chi connectivity index (χ2v) is 3.83. The zero-order valence-corrected chi connectivity index (χ0v) is 9.48. The lowest BCUT2D eigenvalue weighted by atomic mass is 10.1. The number of nitrogen functional groups attached to an aromatic ring is 2. The highest BCUT2D eigenvalue weighted by molar-refractivity contribution is 6.31. The zero-order chi connectivity index (χ0) is 12.4. The van der Waals surface area contributed by atoms with E-state index in [1.807, 2.05) is 0 Å². The summed E-state index contributed by atoms with van der Waals surface area (Å²) in [5, 5.41) is 0.345. The topological polar surface area (TPSA) is 94.9 Å². The van der Waals surface area contributed by atoms with Crippen LogP contribution in [0.4, 0.5) is 11.5 Å². The van der Waals surface area contributed by atoms with Crippen molar-refractivity contribution in [2.45, 2.75) is 0 Å². The van der Waals surface area contributed by atoms with E-state index in [-0.39, 0.29) is 22.9 Å². The molecule has 0 bridgehead atoms. The summed E-state index contributed by atoms with van der Waals surface area (Å²) in [6, 6.07) is 4.58. The number of anilines is 2. The van der Waals surface area contributed by atoms with Gasteiger partial charge >= 0.3 is 0 Å². The van der Waals surface area contributed by atoms with Crippen molar-refractivity contribution >= 4 is 28.9 Å². The summed E-state index contributed by atoms with van der Waals surface area (Å²) in [7, 11) is 0. The van der Waals surface area contributed by atoms with E-state index in [0.717, 1.165) is 0 Å². The van der Waals surface area contributed by atoms with Gasteiger partial charge in [-0.3, -0.25) is 9.78 Å². The van der Waals surface area contributed by atoms with Gasteiger partial charge in [-0.15, -0.1) is 0 Å². The third kappa shape index (κ3) is 2.34. The van der Waals surface area contributed by atoms with Crippen molar-refractivity contribution < 1.29 is 4.79 Å². The number of ketones is 1. The normalized spacial score (nSPS) is 10.2. The van der Waals surface area contributed by atoms with Crippen molar-refractivity contribution in [2.24, 2.45) is 0 Å². The lowest BCUT2D eigenvalue weighted by Crippen LogP contribution is -2.08. The number of hydrogen-bond acceptors (Lipinski definition) is 5. The quantitative estimate of drug-likeness (QED) is 0.786. The maximum absolute atomic E-state index is 12.0. The van der Waals surface area contributed by atoms with Crippen LogP contribution < -0.4 is 11.5 Å². The maximum atomic E-state index is 12.0. The predicted octanol–water partition coefficient (Wildman–Crippen LogP) is 1.53. The second-order valence-electron chi connectivity index (χ2n) is 3.39. The smallest absolute Gasteiger partial charge is 0.215 e. The molecule has 17 heavy (non-hydrogen) atoms. The van der Waals surface area contributed by atoms with Crippen LogP contribution in [0.2, 0.25) is 5.02 Å². The SMILES string of the molecule is Nc1ccc(C(=O)c2cc(Cl)cnc2N)nc1. The molecule has 5 nitrogen and oxygen atoms in total. The number of carbonyl (C=O) groups is 1. The summed E-state index contributed by atoms with van der Waals surface area (Å²) in [6.45, 7) is 0. The van der Waals surface area contributed by atoms with Gasteiger partial charge in [-0.25, -0.2) is 4.98 Å². The molecule has 0 saturated carbocycles. The van der Waals surface area contributed by atoms with Gasteiger partial charge in [-0.05, 0) is 18.2 Å². The van der Waals surface area contributed by atoms with Gasteiger partial charge in [0.05, 0.1) is 22.5 Å². The van der Waals surface area contributed by atoms with E-state index in [0.29, 0.717) is 10.7 Å². The molecule has 0 radical (unpaired) electrons. The summed E-state index contributed by atoms with van der Waals surface area (Å²) >= 11 is 5.76. The number of nitrogens with two attached hydrogens (primary N) is 2. The number of pyridine rings is 2. The van der Waals surface area contributed by atoms with E-state index in [4.69, 9.17) is 23.1 Å². The van der Waals surface area contributed by atoms with Crippen LogP contribution in [0.15, 0.2) is 30.6 Å². The Morgan fingerprint density at radius 1 is 1.18 bits per heavy atom. The van der Waals surface area contributed by atoms with Crippen molar-refractivity contribution in [1.29, 1.82) is 0 Å². The monoisotopic (exact) mass is 248 g/mol. The molecule has 0 unspecified atom stereocenters. The van der Waals surface area contributed by atoms with E-state index >= 15 is 0 Å². The lowest BCUT2D eigenvalue weighted by Gasteiger charge is -2.04. The average molecular weight is 249 g/mol. The third-order valence-electron chi connectivity index (χ3n) is 2.15. The van der Waals surface area contributed by atoms with Gasteiger partial charge in [-0.2, -0.15) is 0 Å².